The topological polar surface area (TPSA) is 44.8 Å². The predicted molar refractivity (Wildman–Crippen MR) is 82.8 cm³/mol. The van der Waals surface area contributed by atoms with Crippen LogP contribution in [0.4, 0.5) is 0 Å². The van der Waals surface area contributed by atoms with Gasteiger partial charge < -0.3 is 14.2 Å². The van der Waals surface area contributed by atoms with E-state index in [4.69, 9.17) is 25.8 Å². The molecule has 0 amide bonds. The molecule has 0 unspecified atom stereocenters. The second-order valence-electron chi connectivity index (χ2n) is 4.68. The van der Waals surface area contributed by atoms with Crippen molar-refractivity contribution in [1.29, 1.82) is 0 Å². The van der Waals surface area contributed by atoms with Crippen LogP contribution in [0, 0.1) is 0 Å². The molecule has 5 heteroatoms. The fraction of sp³-hybridized carbons (Fsp3) is 0.118. The molecule has 0 spiro atoms. The van der Waals surface area contributed by atoms with Crippen molar-refractivity contribution in [1.82, 2.24) is 0 Å². The highest BCUT2D eigenvalue weighted by molar-refractivity contribution is 6.30. The van der Waals surface area contributed by atoms with E-state index in [1.54, 1.807) is 30.3 Å². The summed E-state index contributed by atoms with van der Waals surface area (Å²) in [5.41, 5.74) is 1.68. The van der Waals surface area contributed by atoms with Crippen LogP contribution in [0.1, 0.15) is 11.1 Å². The van der Waals surface area contributed by atoms with E-state index < -0.39 is 5.97 Å². The molecular formula is C17H13ClO4. The fourth-order valence-corrected chi connectivity index (χ4v) is 2.21. The molecule has 1 heterocycles. The SMILES string of the molecule is O=C(/C=C/c1cccc(Cl)c1)OCc1ccc2c(c1)OCO2. The van der Waals surface area contributed by atoms with Gasteiger partial charge in [-0.15, -0.1) is 0 Å². The van der Waals surface area contributed by atoms with Gasteiger partial charge in [0.25, 0.3) is 0 Å². The van der Waals surface area contributed by atoms with Crippen LogP contribution in [0.5, 0.6) is 11.5 Å². The van der Waals surface area contributed by atoms with Crippen LogP contribution in [0.25, 0.3) is 6.08 Å². The molecule has 2 aromatic carbocycles. The largest absolute Gasteiger partial charge is 0.458 e. The maximum absolute atomic E-state index is 11.7. The Hall–Kier alpha value is -2.46. The summed E-state index contributed by atoms with van der Waals surface area (Å²) in [6, 6.07) is 12.7. The average molecular weight is 317 g/mol. The third-order valence-electron chi connectivity index (χ3n) is 3.08. The molecule has 0 N–H and O–H groups in total. The van der Waals surface area contributed by atoms with Gasteiger partial charge in [-0.05, 0) is 41.5 Å². The van der Waals surface area contributed by atoms with Gasteiger partial charge >= 0.3 is 5.97 Å². The molecule has 0 saturated carbocycles. The van der Waals surface area contributed by atoms with Gasteiger partial charge in [-0.2, -0.15) is 0 Å². The van der Waals surface area contributed by atoms with Crippen LogP contribution in [0.2, 0.25) is 5.02 Å². The van der Waals surface area contributed by atoms with Gasteiger partial charge in [0, 0.05) is 11.1 Å². The zero-order valence-corrected chi connectivity index (χ0v) is 12.4. The summed E-state index contributed by atoms with van der Waals surface area (Å²) in [5.74, 6) is 0.955. The second kappa shape index (κ2) is 6.54. The minimum absolute atomic E-state index is 0.176. The summed E-state index contributed by atoms with van der Waals surface area (Å²) in [6.07, 6.45) is 3.03. The lowest BCUT2D eigenvalue weighted by Crippen LogP contribution is -2.00. The third-order valence-corrected chi connectivity index (χ3v) is 3.31. The molecule has 0 bridgehead atoms. The molecule has 1 aliphatic heterocycles. The predicted octanol–water partition coefficient (Wildman–Crippen LogP) is 3.83. The number of ether oxygens (including phenoxy) is 3. The number of fused-ring (bicyclic) bond motifs is 1. The van der Waals surface area contributed by atoms with E-state index in [1.807, 2.05) is 18.2 Å². The Morgan fingerprint density at radius 1 is 1.18 bits per heavy atom. The number of rotatable bonds is 4. The summed E-state index contributed by atoms with van der Waals surface area (Å²) in [7, 11) is 0. The number of carbonyl (C=O) groups is 1. The molecule has 2 aromatic rings. The molecule has 3 rings (SSSR count). The maximum atomic E-state index is 11.7. The minimum atomic E-state index is -0.419. The van der Waals surface area contributed by atoms with Crippen LogP contribution < -0.4 is 9.47 Å². The molecular weight excluding hydrogens is 304 g/mol. The van der Waals surface area contributed by atoms with Crippen molar-refractivity contribution >= 4 is 23.6 Å². The number of benzene rings is 2. The van der Waals surface area contributed by atoms with Gasteiger partial charge in [-0.3, -0.25) is 0 Å². The van der Waals surface area contributed by atoms with Crippen LogP contribution in [0.3, 0.4) is 0 Å². The molecule has 0 aliphatic carbocycles. The average Bonchev–Trinajstić information content (AvgIpc) is 2.98. The van der Waals surface area contributed by atoms with Gasteiger partial charge in [0.2, 0.25) is 6.79 Å². The molecule has 0 aromatic heterocycles. The highest BCUT2D eigenvalue weighted by Crippen LogP contribution is 2.32. The Kier molecular flexibility index (Phi) is 4.30. The number of halogens is 1. The molecule has 1 aliphatic rings. The third kappa shape index (κ3) is 3.59. The van der Waals surface area contributed by atoms with E-state index in [9.17, 15) is 4.79 Å². The van der Waals surface area contributed by atoms with E-state index in [2.05, 4.69) is 0 Å². The molecule has 112 valence electrons. The first-order chi connectivity index (χ1) is 10.7. The first-order valence-corrected chi connectivity index (χ1v) is 7.07. The molecule has 0 fully saturated rings. The lowest BCUT2D eigenvalue weighted by molar-refractivity contribution is -0.138. The Balaban J connectivity index is 1.56. The second-order valence-corrected chi connectivity index (χ2v) is 5.12. The summed E-state index contributed by atoms with van der Waals surface area (Å²) < 4.78 is 15.7. The molecule has 4 nitrogen and oxygen atoms in total. The lowest BCUT2D eigenvalue weighted by Gasteiger charge is -2.03. The normalized spacial score (nSPS) is 12.6. The highest BCUT2D eigenvalue weighted by atomic mass is 35.5. The van der Waals surface area contributed by atoms with E-state index in [0.717, 1.165) is 11.1 Å². The van der Waals surface area contributed by atoms with Crippen molar-refractivity contribution in [2.75, 3.05) is 6.79 Å². The summed E-state index contributed by atoms with van der Waals surface area (Å²) >= 11 is 5.88. The van der Waals surface area contributed by atoms with Crippen molar-refractivity contribution < 1.29 is 19.0 Å². The quantitative estimate of drug-likeness (QED) is 0.635. The number of hydrogen-bond donors (Lipinski definition) is 0. The van der Waals surface area contributed by atoms with Crippen LogP contribution in [-0.2, 0) is 16.1 Å². The van der Waals surface area contributed by atoms with Crippen molar-refractivity contribution in [3.05, 3.63) is 64.7 Å². The van der Waals surface area contributed by atoms with Gasteiger partial charge in [0.1, 0.15) is 6.61 Å². The fourth-order valence-electron chi connectivity index (χ4n) is 2.01. The number of esters is 1. The van der Waals surface area contributed by atoms with Crippen LogP contribution in [0.15, 0.2) is 48.5 Å². The van der Waals surface area contributed by atoms with E-state index in [0.29, 0.717) is 16.5 Å². The minimum Gasteiger partial charge on any atom is -0.458 e. The van der Waals surface area contributed by atoms with Gasteiger partial charge in [-0.25, -0.2) is 4.79 Å². The highest BCUT2D eigenvalue weighted by Gasteiger charge is 2.13. The monoisotopic (exact) mass is 316 g/mol. The lowest BCUT2D eigenvalue weighted by atomic mass is 10.2. The molecule has 0 atom stereocenters. The van der Waals surface area contributed by atoms with Crippen LogP contribution in [-0.4, -0.2) is 12.8 Å². The summed E-state index contributed by atoms with van der Waals surface area (Å²) in [5, 5.41) is 0.621. The van der Waals surface area contributed by atoms with E-state index in [-0.39, 0.29) is 13.4 Å². The van der Waals surface area contributed by atoms with Crippen molar-refractivity contribution in [3.63, 3.8) is 0 Å². The zero-order valence-electron chi connectivity index (χ0n) is 11.6. The molecule has 22 heavy (non-hydrogen) atoms. The Labute approximate surface area is 132 Å². The van der Waals surface area contributed by atoms with Crippen LogP contribution >= 0.6 is 11.6 Å². The summed E-state index contributed by atoms with van der Waals surface area (Å²) in [6.45, 7) is 0.399. The van der Waals surface area contributed by atoms with E-state index in [1.165, 1.54) is 6.08 Å². The van der Waals surface area contributed by atoms with Crippen molar-refractivity contribution in [3.8, 4) is 11.5 Å². The Bertz CT molecular complexity index is 724. The molecule has 0 saturated heterocycles. The summed E-state index contributed by atoms with van der Waals surface area (Å²) in [4.78, 5) is 11.7. The smallest absolute Gasteiger partial charge is 0.331 e. The number of carbonyl (C=O) groups excluding carboxylic acids is 1. The van der Waals surface area contributed by atoms with Gasteiger partial charge in [0.05, 0.1) is 0 Å². The van der Waals surface area contributed by atoms with Gasteiger partial charge in [-0.1, -0.05) is 29.8 Å². The zero-order chi connectivity index (χ0) is 15.4. The molecule has 0 radical (unpaired) electrons. The Morgan fingerprint density at radius 3 is 2.91 bits per heavy atom. The van der Waals surface area contributed by atoms with E-state index >= 15 is 0 Å². The van der Waals surface area contributed by atoms with Crippen molar-refractivity contribution in [2.24, 2.45) is 0 Å². The van der Waals surface area contributed by atoms with Gasteiger partial charge in [0.15, 0.2) is 11.5 Å². The number of hydrogen-bond acceptors (Lipinski definition) is 4. The standard InChI is InChI=1S/C17H13ClO4/c18-14-3-1-2-12(8-14)5-7-17(19)20-10-13-4-6-15-16(9-13)22-11-21-15/h1-9H,10-11H2/b7-5+. The van der Waals surface area contributed by atoms with Crippen molar-refractivity contribution in [2.45, 2.75) is 6.61 Å². The first-order valence-electron chi connectivity index (χ1n) is 6.70. The maximum Gasteiger partial charge on any atom is 0.331 e. The Morgan fingerprint density at radius 2 is 2.05 bits per heavy atom. The first kappa shape index (κ1) is 14.5.